The summed E-state index contributed by atoms with van der Waals surface area (Å²) < 4.78 is 5.86. The highest BCUT2D eigenvalue weighted by atomic mass is 16.5. The van der Waals surface area contributed by atoms with Crippen molar-refractivity contribution >= 4 is 12.0 Å². The Labute approximate surface area is 127 Å². The lowest BCUT2D eigenvalue weighted by molar-refractivity contribution is -0.158. The smallest absolute Gasteiger partial charge is 0.331 e. The Balaban J connectivity index is 1.69. The highest BCUT2D eigenvalue weighted by Gasteiger charge is 2.61. The molecule has 0 radical (unpaired) electrons. The van der Waals surface area contributed by atoms with Gasteiger partial charge in [-0.2, -0.15) is 0 Å². The number of fused-ring (bicyclic) bond motifs is 2. The van der Waals surface area contributed by atoms with Crippen molar-refractivity contribution in [2.75, 3.05) is 0 Å². The van der Waals surface area contributed by atoms with Crippen LogP contribution in [0.3, 0.4) is 0 Å². The van der Waals surface area contributed by atoms with Gasteiger partial charge in [0, 0.05) is 16.9 Å². The third kappa shape index (κ3) is 2.52. The molecule has 1 aromatic carbocycles. The van der Waals surface area contributed by atoms with E-state index in [2.05, 4.69) is 20.8 Å². The summed E-state index contributed by atoms with van der Waals surface area (Å²) in [5.74, 6) is 0.476. The van der Waals surface area contributed by atoms with Crippen molar-refractivity contribution in [3.05, 3.63) is 42.0 Å². The minimum Gasteiger partial charge on any atom is -0.458 e. The lowest BCUT2D eigenvalue weighted by Gasteiger charge is -2.41. The maximum Gasteiger partial charge on any atom is 0.331 e. The van der Waals surface area contributed by atoms with E-state index in [0.717, 1.165) is 5.56 Å². The highest BCUT2D eigenvalue weighted by molar-refractivity contribution is 5.87. The first kappa shape index (κ1) is 14.4. The van der Waals surface area contributed by atoms with Crippen LogP contribution in [-0.2, 0) is 9.53 Å². The second-order valence-electron chi connectivity index (χ2n) is 7.48. The largest absolute Gasteiger partial charge is 0.458 e. The van der Waals surface area contributed by atoms with Crippen LogP contribution in [-0.4, -0.2) is 12.1 Å². The zero-order valence-corrected chi connectivity index (χ0v) is 13.1. The Hall–Kier alpha value is -1.57. The predicted molar refractivity (Wildman–Crippen MR) is 84.6 cm³/mol. The molecule has 2 nitrogen and oxygen atoms in total. The Morgan fingerprint density at radius 2 is 1.95 bits per heavy atom. The van der Waals surface area contributed by atoms with Crippen molar-refractivity contribution in [2.45, 2.75) is 46.1 Å². The lowest BCUT2D eigenvalue weighted by Crippen LogP contribution is -2.43. The molecule has 112 valence electrons. The first-order chi connectivity index (χ1) is 9.92. The van der Waals surface area contributed by atoms with Gasteiger partial charge in [-0.15, -0.1) is 0 Å². The van der Waals surface area contributed by atoms with Gasteiger partial charge in [0.05, 0.1) is 0 Å². The molecular weight excluding hydrogens is 260 g/mol. The van der Waals surface area contributed by atoms with Gasteiger partial charge in [-0.3, -0.25) is 0 Å². The summed E-state index contributed by atoms with van der Waals surface area (Å²) in [5, 5.41) is 0. The predicted octanol–water partition coefficient (Wildman–Crippen LogP) is 4.46. The summed E-state index contributed by atoms with van der Waals surface area (Å²) in [7, 11) is 0. The fourth-order valence-electron chi connectivity index (χ4n) is 4.43. The van der Waals surface area contributed by atoms with E-state index >= 15 is 0 Å². The van der Waals surface area contributed by atoms with Gasteiger partial charge in [0.25, 0.3) is 0 Å². The van der Waals surface area contributed by atoms with E-state index in [1.807, 2.05) is 36.4 Å². The van der Waals surface area contributed by atoms with E-state index in [4.69, 9.17) is 4.74 Å². The molecule has 3 unspecified atom stereocenters. The number of hydrogen-bond donors (Lipinski definition) is 0. The molecule has 2 aliphatic rings. The Morgan fingerprint density at radius 3 is 2.57 bits per heavy atom. The summed E-state index contributed by atoms with van der Waals surface area (Å²) in [4.78, 5) is 12.2. The molecular formula is C19H24O2. The molecule has 2 bridgehead atoms. The van der Waals surface area contributed by atoms with Gasteiger partial charge in [-0.25, -0.2) is 4.79 Å². The van der Waals surface area contributed by atoms with Crippen molar-refractivity contribution in [1.29, 1.82) is 0 Å². The Kier molecular flexibility index (Phi) is 3.43. The fraction of sp³-hybridized carbons (Fsp3) is 0.526. The average Bonchev–Trinajstić information content (AvgIpc) is 2.94. The van der Waals surface area contributed by atoms with Crippen molar-refractivity contribution < 1.29 is 9.53 Å². The molecule has 1 aromatic rings. The van der Waals surface area contributed by atoms with Gasteiger partial charge < -0.3 is 4.74 Å². The number of ether oxygens (including phenoxy) is 1. The number of carbonyl (C=O) groups excluding carboxylic acids is 1. The molecule has 3 atom stereocenters. The van der Waals surface area contributed by atoms with Crippen LogP contribution in [0.1, 0.15) is 45.6 Å². The topological polar surface area (TPSA) is 26.3 Å². The second-order valence-corrected chi connectivity index (χ2v) is 7.48. The maximum absolute atomic E-state index is 12.2. The quantitative estimate of drug-likeness (QED) is 0.605. The standard InChI is InChI=1S/C19H24O2/c1-18(2)15-11-12-19(3,13-15)17(18)21-16(20)10-9-14-7-5-4-6-8-14/h4-10,15,17H,11-13H2,1-3H3. The number of rotatable bonds is 3. The number of carbonyl (C=O) groups is 1. The fourth-order valence-corrected chi connectivity index (χ4v) is 4.43. The van der Waals surface area contributed by atoms with Gasteiger partial charge in [0.1, 0.15) is 6.10 Å². The third-order valence-electron chi connectivity index (χ3n) is 5.58. The van der Waals surface area contributed by atoms with Crippen molar-refractivity contribution in [1.82, 2.24) is 0 Å². The van der Waals surface area contributed by atoms with Gasteiger partial charge in [0.2, 0.25) is 0 Å². The van der Waals surface area contributed by atoms with Crippen LogP contribution in [0.15, 0.2) is 36.4 Å². The van der Waals surface area contributed by atoms with Crippen LogP contribution in [0.2, 0.25) is 0 Å². The van der Waals surface area contributed by atoms with E-state index in [1.165, 1.54) is 19.3 Å². The zero-order valence-electron chi connectivity index (χ0n) is 13.1. The first-order valence-corrected chi connectivity index (χ1v) is 7.85. The summed E-state index contributed by atoms with van der Waals surface area (Å²) >= 11 is 0. The molecule has 2 heteroatoms. The molecule has 0 aliphatic heterocycles. The van der Waals surface area contributed by atoms with E-state index in [1.54, 1.807) is 6.08 Å². The molecule has 0 aromatic heterocycles. The van der Waals surface area contributed by atoms with Crippen molar-refractivity contribution in [3.63, 3.8) is 0 Å². The number of hydrogen-bond acceptors (Lipinski definition) is 2. The van der Waals surface area contributed by atoms with Crippen molar-refractivity contribution in [2.24, 2.45) is 16.7 Å². The lowest BCUT2D eigenvalue weighted by atomic mass is 9.70. The number of esters is 1. The average molecular weight is 284 g/mol. The van der Waals surface area contributed by atoms with E-state index in [9.17, 15) is 4.79 Å². The van der Waals surface area contributed by atoms with Gasteiger partial charge in [0.15, 0.2) is 0 Å². The van der Waals surface area contributed by atoms with Crippen LogP contribution < -0.4 is 0 Å². The van der Waals surface area contributed by atoms with Crippen LogP contribution in [0.25, 0.3) is 6.08 Å². The first-order valence-electron chi connectivity index (χ1n) is 7.85. The summed E-state index contributed by atoms with van der Waals surface area (Å²) in [6, 6.07) is 9.85. The Morgan fingerprint density at radius 1 is 1.24 bits per heavy atom. The molecule has 0 amide bonds. The normalized spacial score (nSPS) is 33.5. The molecule has 2 aliphatic carbocycles. The molecule has 3 rings (SSSR count). The number of benzene rings is 1. The molecule has 2 saturated carbocycles. The van der Waals surface area contributed by atoms with Gasteiger partial charge >= 0.3 is 5.97 Å². The minimum absolute atomic E-state index is 0.0386. The zero-order chi connectivity index (χ0) is 15.1. The highest BCUT2D eigenvalue weighted by Crippen LogP contribution is 2.63. The molecule has 0 saturated heterocycles. The minimum atomic E-state index is -0.217. The molecule has 0 heterocycles. The maximum atomic E-state index is 12.2. The second kappa shape index (κ2) is 5.01. The van der Waals surface area contributed by atoms with E-state index in [0.29, 0.717) is 5.92 Å². The summed E-state index contributed by atoms with van der Waals surface area (Å²) in [6.07, 6.45) is 7.07. The summed E-state index contributed by atoms with van der Waals surface area (Å²) in [5.41, 5.74) is 1.29. The van der Waals surface area contributed by atoms with Gasteiger partial charge in [-0.1, -0.05) is 51.1 Å². The van der Waals surface area contributed by atoms with E-state index in [-0.39, 0.29) is 22.9 Å². The molecule has 0 spiro atoms. The SMILES string of the molecule is CC12CCC(C1)C(C)(C)C2OC(=O)C=Cc1ccccc1. The molecule has 0 N–H and O–H groups in total. The van der Waals surface area contributed by atoms with Crippen LogP contribution in [0, 0.1) is 16.7 Å². The van der Waals surface area contributed by atoms with Crippen molar-refractivity contribution in [3.8, 4) is 0 Å². The van der Waals surface area contributed by atoms with Crippen LogP contribution >= 0.6 is 0 Å². The summed E-state index contributed by atoms with van der Waals surface area (Å²) in [6.45, 7) is 6.78. The van der Waals surface area contributed by atoms with Crippen LogP contribution in [0.4, 0.5) is 0 Å². The van der Waals surface area contributed by atoms with E-state index < -0.39 is 0 Å². The van der Waals surface area contributed by atoms with Gasteiger partial charge in [-0.05, 0) is 36.8 Å². The Bertz CT molecular complexity index is 553. The third-order valence-corrected chi connectivity index (χ3v) is 5.58. The monoisotopic (exact) mass is 284 g/mol. The van der Waals surface area contributed by atoms with Crippen LogP contribution in [0.5, 0.6) is 0 Å². The molecule has 21 heavy (non-hydrogen) atoms. The molecule has 2 fully saturated rings.